The summed E-state index contributed by atoms with van der Waals surface area (Å²) in [6.45, 7) is 0.0256. The molecule has 2 aliphatic rings. The first-order chi connectivity index (χ1) is 17.4. The van der Waals surface area contributed by atoms with Crippen molar-refractivity contribution in [3.05, 3.63) is 106 Å². The Bertz CT molecular complexity index is 1470. The Labute approximate surface area is 205 Å². The molecule has 8 nitrogen and oxygen atoms in total. The lowest BCUT2D eigenvalue weighted by Gasteiger charge is -2.32. The fourth-order valence-electron chi connectivity index (χ4n) is 4.96. The van der Waals surface area contributed by atoms with Crippen LogP contribution in [0.5, 0.6) is 0 Å². The van der Waals surface area contributed by atoms with Gasteiger partial charge in [0.2, 0.25) is 0 Å². The third-order valence-corrected chi connectivity index (χ3v) is 6.83. The van der Waals surface area contributed by atoms with Crippen molar-refractivity contribution in [1.29, 1.82) is 0 Å². The molecule has 6 rings (SSSR count). The normalized spacial score (nSPS) is 14.7. The molecule has 0 aromatic heterocycles. The van der Waals surface area contributed by atoms with E-state index in [9.17, 15) is 19.2 Å². The van der Waals surface area contributed by atoms with E-state index in [4.69, 9.17) is 11.5 Å². The van der Waals surface area contributed by atoms with E-state index in [0.717, 1.165) is 9.80 Å². The fraction of sp³-hybridized carbons (Fsp3) is 0.0714. The Morgan fingerprint density at radius 2 is 0.778 bits per heavy atom. The van der Waals surface area contributed by atoms with Crippen LogP contribution in [0.2, 0.25) is 0 Å². The van der Waals surface area contributed by atoms with Crippen LogP contribution in [-0.4, -0.2) is 33.4 Å². The van der Waals surface area contributed by atoms with Crippen molar-refractivity contribution in [3.8, 4) is 0 Å². The molecule has 0 fully saturated rings. The number of benzene rings is 4. The van der Waals surface area contributed by atoms with Crippen LogP contribution < -0.4 is 11.5 Å². The van der Waals surface area contributed by atoms with Crippen LogP contribution in [0.1, 0.15) is 52.6 Å². The van der Waals surface area contributed by atoms with Crippen LogP contribution in [0.4, 0.5) is 11.4 Å². The number of anilines is 2. The fourth-order valence-corrected chi connectivity index (χ4v) is 4.96. The van der Waals surface area contributed by atoms with E-state index >= 15 is 0 Å². The van der Waals surface area contributed by atoms with Gasteiger partial charge in [-0.15, -0.1) is 0 Å². The van der Waals surface area contributed by atoms with Crippen molar-refractivity contribution in [2.45, 2.75) is 13.1 Å². The topological polar surface area (TPSA) is 127 Å². The van der Waals surface area contributed by atoms with Crippen molar-refractivity contribution < 1.29 is 19.2 Å². The minimum atomic E-state index is -0.501. The molecule has 0 saturated carbocycles. The predicted molar refractivity (Wildman–Crippen MR) is 134 cm³/mol. The summed E-state index contributed by atoms with van der Waals surface area (Å²) < 4.78 is 0. The van der Waals surface area contributed by atoms with Crippen molar-refractivity contribution in [3.63, 3.8) is 0 Å². The number of rotatable bonds is 4. The lowest BCUT2D eigenvalue weighted by molar-refractivity contribution is 0.0577. The zero-order valence-electron chi connectivity index (χ0n) is 19.0. The number of hydrogen-bond acceptors (Lipinski definition) is 6. The van der Waals surface area contributed by atoms with E-state index in [1.165, 1.54) is 0 Å². The van der Waals surface area contributed by atoms with E-state index in [1.807, 2.05) is 0 Å². The highest BCUT2D eigenvalue weighted by atomic mass is 16.2. The number of nitrogen functional groups attached to an aromatic ring is 2. The quantitative estimate of drug-likeness (QED) is 0.342. The molecule has 36 heavy (non-hydrogen) atoms. The molecule has 4 aromatic rings. The van der Waals surface area contributed by atoms with Gasteiger partial charge < -0.3 is 11.5 Å². The van der Waals surface area contributed by atoms with E-state index < -0.39 is 23.6 Å². The molecule has 2 aliphatic heterocycles. The second kappa shape index (κ2) is 7.78. The van der Waals surface area contributed by atoms with Gasteiger partial charge in [-0.05, 0) is 47.5 Å². The Kier molecular flexibility index (Phi) is 4.65. The minimum Gasteiger partial charge on any atom is -0.398 e. The second-order valence-corrected chi connectivity index (χ2v) is 8.86. The lowest BCUT2D eigenvalue weighted by atomic mass is 9.85. The third-order valence-electron chi connectivity index (χ3n) is 6.83. The zero-order chi connectivity index (χ0) is 25.1. The van der Waals surface area contributed by atoms with E-state index in [-0.39, 0.29) is 35.3 Å². The van der Waals surface area contributed by atoms with E-state index in [1.54, 1.807) is 72.8 Å². The molecule has 8 heteroatoms. The highest BCUT2D eigenvalue weighted by molar-refractivity contribution is 6.33. The summed E-state index contributed by atoms with van der Waals surface area (Å²) in [5.74, 6) is -2.00. The van der Waals surface area contributed by atoms with Gasteiger partial charge in [0.05, 0.1) is 13.1 Å². The summed E-state index contributed by atoms with van der Waals surface area (Å²) in [5.41, 5.74) is 15.4. The molecule has 0 spiro atoms. The lowest BCUT2D eigenvalue weighted by Crippen LogP contribution is -2.42. The Morgan fingerprint density at radius 1 is 0.472 bits per heavy atom. The van der Waals surface area contributed by atoms with E-state index in [0.29, 0.717) is 33.3 Å². The molecule has 0 saturated heterocycles. The number of nitrogens with two attached hydrogens (primary N) is 2. The SMILES string of the molecule is Nc1ccccc1CN1C(=O)c2ccc3c4c(ccc(c24)C1=O)C(=O)N(Cc1ccccc1N)C3=O. The molecule has 0 atom stereocenters. The predicted octanol–water partition coefficient (Wildman–Crippen LogP) is 3.60. The number of hydrogen-bond donors (Lipinski definition) is 2. The van der Waals surface area contributed by atoms with Crippen LogP contribution in [-0.2, 0) is 13.1 Å². The summed E-state index contributed by atoms with van der Waals surface area (Å²) in [6.07, 6.45) is 0. The average molecular weight is 476 g/mol. The average Bonchev–Trinajstić information content (AvgIpc) is 2.88. The number of imide groups is 2. The number of nitrogens with zero attached hydrogens (tertiary/aromatic N) is 2. The maximum absolute atomic E-state index is 13.4. The van der Waals surface area contributed by atoms with Gasteiger partial charge in [-0.25, -0.2) is 0 Å². The van der Waals surface area contributed by atoms with Gasteiger partial charge in [0.25, 0.3) is 23.6 Å². The standard InChI is InChI=1S/C28H20N4O4/c29-21-7-3-1-5-15(21)13-31-25(33)17-9-11-19-24-20(12-10-18(23(17)24)26(31)34)28(36)32(27(19)35)14-16-6-2-4-8-22(16)30/h1-12H,13-14,29-30H2. The maximum Gasteiger partial charge on any atom is 0.261 e. The van der Waals surface area contributed by atoms with Gasteiger partial charge in [0, 0.05) is 44.4 Å². The van der Waals surface area contributed by atoms with Gasteiger partial charge in [-0.2, -0.15) is 0 Å². The first-order valence-corrected chi connectivity index (χ1v) is 11.4. The maximum atomic E-state index is 13.4. The Morgan fingerprint density at radius 3 is 1.08 bits per heavy atom. The molecule has 0 radical (unpaired) electrons. The minimum absolute atomic E-state index is 0.0128. The largest absolute Gasteiger partial charge is 0.398 e. The van der Waals surface area contributed by atoms with Crippen LogP contribution in [0.25, 0.3) is 10.8 Å². The highest BCUT2D eigenvalue weighted by Crippen LogP contribution is 2.38. The van der Waals surface area contributed by atoms with Crippen LogP contribution >= 0.6 is 0 Å². The molecular weight excluding hydrogens is 456 g/mol. The molecule has 4 amide bonds. The van der Waals surface area contributed by atoms with Crippen molar-refractivity contribution in [1.82, 2.24) is 9.80 Å². The van der Waals surface area contributed by atoms with Crippen LogP contribution in [0, 0.1) is 0 Å². The highest BCUT2D eigenvalue weighted by Gasteiger charge is 2.39. The number of carbonyl (C=O) groups is 4. The summed E-state index contributed by atoms with van der Waals surface area (Å²) in [4.78, 5) is 56.0. The molecular formula is C28H20N4O4. The number of para-hydroxylation sites is 2. The first kappa shape index (κ1) is 21.5. The van der Waals surface area contributed by atoms with E-state index in [2.05, 4.69) is 0 Å². The summed E-state index contributed by atoms with van der Waals surface area (Å²) in [5, 5.41) is 0.663. The monoisotopic (exact) mass is 476 g/mol. The van der Waals surface area contributed by atoms with Gasteiger partial charge >= 0.3 is 0 Å². The summed E-state index contributed by atoms with van der Waals surface area (Å²) in [6, 6.07) is 20.2. The molecule has 176 valence electrons. The third kappa shape index (κ3) is 3.01. The van der Waals surface area contributed by atoms with Crippen molar-refractivity contribution in [2.75, 3.05) is 11.5 Å². The summed E-state index contributed by atoms with van der Waals surface area (Å²) >= 11 is 0. The summed E-state index contributed by atoms with van der Waals surface area (Å²) in [7, 11) is 0. The smallest absolute Gasteiger partial charge is 0.261 e. The molecule has 4 aromatic carbocycles. The molecule has 0 unspecified atom stereocenters. The van der Waals surface area contributed by atoms with Gasteiger partial charge in [0.1, 0.15) is 0 Å². The Balaban J connectivity index is 1.45. The Hall–Kier alpha value is -4.98. The zero-order valence-corrected chi connectivity index (χ0v) is 19.0. The number of amides is 4. The van der Waals surface area contributed by atoms with Gasteiger partial charge in [-0.1, -0.05) is 36.4 Å². The van der Waals surface area contributed by atoms with Crippen molar-refractivity contribution in [2.24, 2.45) is 0 Å². The molecule has 0 bridgehead atoms. The molecule has 2 heterocycles. The van der Waals surface area contributed by atoms with Gasteiger partial charge in [0.15, 0.2) is 0 Å². The molecule has 4 N–H and O–H groups in total. The van der Waals surface area contributed by atoms with Crippen LogP contribution in [0.3, 0.4) is 0 Å². The molecule has 0 aliphatic carbocycles. The number of carbonyl (C=O) groups excluding carboxylic acids is 4. The van der Waals surface area contributed by atoms with Crippen LogP contribution in [0.15, 0.2) is 72.8 Å². The second-order valence-electron chi connectivity index (χ2n) is 8.86. The van der Waals surface area contributed by atoms with Crippen molar-refractivity contribution >= 4 is 45.8 Å². The first-order valence-electron chi connectivity index (χ1n) is 11.4. The van der Waals surface area contributed by atoms with Gasteiger partial charge in [-0.3, -0.25) is 29.0 Å².